The predicted molar refractivity (Wildman–Crippen MR) is 64.4 cm³/mol. The molecule has 2 aromatic rings. The van der Waals surface area contributed by atoms with Crippen molar-refractivity contribution in [2.75, 3.05) is 11.9 Å². The minimum absolute atomic E-state index is 0.0813. The summed E-state index contributed by atoms with van der Waals surface area (Å²) in [6.07, 6.45) is 0. The van der Waals surface area contributed by atoms with Crippen LogP contribution in [0.25, 0.3) is 0 Å². The number of nitrogens with zero attached hydrogens (tertiary/aromatic N) is 4. The summed E-state index contributed by atoms with van der Waals surface area (Å²) >= 11 is 11.4. The largest absolute Gasteiger partial charge is 0.313 e. The first-order valence-corrected chi connectivity index (χ1v) is 5.28. The van der Waals surface area contributed by atoms with E-state index in [-0.39, 0.29) is 10.6 Å². The molecule has 0 amide bonds. The van der Waals surface area contributed by atoms with Crippen LogP contribution in [-0.4, -0.2) is 22.0 Å². The molecule has 6 heteroatoms. The van der Waals surface area contributed by atoms with E-state index >= 15 is 0 Å². The first-order chi connectivity index (χ1) is 7.66. The van der Waals surface area contributed by atoms with Crippen LogP contribution in [0.4, 0.5) is 11.6 Å². The Morgan fingerprint density at radius 1 is 0.938 bits per heavy atom. The summed E-state index contributed by atoms with van der Waals surface area (Å²) in [7, 11) is 1.83. The van der Waals surface area contributed by atoms with E-state index in [1.165, 1.54) is 0 Å². The molecule has 0 aliphatic rings. The number of hydrogen-bond donors (Lipinski definition) is 0. The van der Waals surface area contributed by atoms with Crippen LogP contribution in [0.15, 0.2) is 30.3 Å². The van der Waals surface area contributed by atoms with E-state index in [4.69, 9.17) is 23.2 Å². The zero-order valence-corrected chi connectivity index (χ0v) is 9.94. The molecule has 0 unspecified atom stereocenters. The summed E-state index contributed by atoms with van der Waals surface area (Å²) in [6.45, 7) is 0. The molecule has 1 aromatic carbocycles. The first kappa shape index (κ1) is 11.1. The fraction of sp³-hybridized carbons (Fsp3) is 0.100. The highest BCUT2D eigenvalue weighted by atomic mass is 35.5. The Morgan fingerprint density at radius 3 is 2.06 bits per heavy atom. The number of hydrogen-bond acceptors (Lipinski definition) is 4. The second-order valence-corrected chi connectivity index (χ2v) is 3.74. The van der Waals surface area contributed by atoms with E-state index in [9.17, 15) is 0 Å². The van der Waals surface area contributed by atoms with Crippen LogP contribution in [0.2, 0.25) is 10.6 Å². The number of benzene rings is 1. The van der Waals surface area contributed by atoms with Crippen molar-refractivity contribution < 1.29 is 0 Å². The van der Waals surface area contributed by atoms with Crippen LogP contribution in [0.1, 0.15) is 0 Å². The Balaban J connectivity index is 2.37. The van der Waals surface area contributed by atoms with Gasteiger partial charge in [-0.1, -0.05) is 18.2 Å². The third-order valence-electron chi connectivity index (χ3n) is 2.01. The van der Waals surface area contributed by atoms with Crippen LogP contribution in [0.3, 0.4) is 0 Å². The summed E-state index contributed by atoms with van der Waals surface area (Å²) in [5.41, 5.74) is 0.945. The summed E-state index contributed by atoms with van der Waals surface area (Å²) in [5, 5.41) is 0.163. The molecular formula is C10H8Cl2N4. The smallest absolute Gasteiger partial charge is 0.235 e. The van der Waals surface area contributed by atoms with Crippen LogP contribution in [0, 0.1) is 0 Å². The maximum atomic E-state index is 5.71. The van der Waals surface area contributed by atoms with Crippen molar-refractivity contribution in [3.05, 3.63) is 40.9 Å². The summed E-state index contributed by atoms with van der Waals surface area (Å²) in [4.78, 5) is 13.5. The molecule has 1 heterocycles. The van der Waals surface area contributed by atoms with Gasteiger partial charge in [0.1, 0.15) is 0 Å². The second kappa shape index (κ2) is 4.63. The Bertz CT molecular complexity index is 469. The molecule has 82 valence electrons. The minimum Gasteiger partial charge on any atom is -0.313 e. The molecule has 0 bridgehead atoms. The number of rotatable bonds is 2. The van der Waals surface area contributed by atoms with Crippen molar-refractivity contribution >= 4 is 34.8 Å². The molecule has 2 rings (SSSR count). The molecule has 4 nitrogen and oxygen atoms in total. The van der Waals surface area contributed by atoms with Gasteiger partial charge in [-0.05, 0) is 35.3 Å². The van der Waals surface area contributed by atoms with Crippen LogP contribution >= 0.6 is 23.2 Å². The van der Waals surface area contributed by atoms with Gasteiger partial charge >= 0.3 is 0 Å². The highest BCUT2D eigenvalue weighted by Crippen LogP contribution is 2.21. The second-order valence-electron chi connectivity index (χ2n) is 3.07. The molecule has 0 aliphatic heterocycles. The molecular weight excluding hydrogens is 247 g/mol. The van der Waals surface area contributed by atoms with Gasteiger partial charge in [0.15, 0.2) is 0 Å². The van der Waals surface area contributed by atoms with Crippen molar-refractivity contribution in [2.45, 2.75) is 0 Å². The lowest BCUT2D eigenvalue weighted by atomic mass is 10.3. The van der Waals surface area contributed by atoms with E-state index in [0.717, 1.165) is 5.69 Å². The zero-order valence-electron chi connectivity index (χ0n) is 8.43. The van der Waals surface area contributed by atoms with Crippen molar-refractivity contribution in [3.8, 4) is 0 Å². The zero-order chi connectivity index (χ0) is 11.5. The van der Waals surface area contributed by atoms with Crippen LogP contribution in [-0.2, 0) is 0 Å². The average molecular weight is 255 g/mol. The van der Waals surface area contributed by atoms with Gasteiger partial charge in [0.05, 0.1) is 0 Å². The topological polar surface area (TPSA) is 41.9 Å². The van der Waals surface area contributed by atoms with E-state index in [1.807, 2.05) is 37.4 Å². The number of halogens is 2. The average Bonchev–Trinajstić information content (AvgIpc) is 2.28. The molecule has 0 saturated heterocycles. The number of para-hydroxylation sites is 1. The summed E-state index contributed by atoms with van der Waals surface area (Å²) in [5.74, 6) is 0.413. The maximum absolute atomic E-state index is 5.71. The molecule has 16 heavy (non-hydrogen) atoms. The monoisotopic (exact) mass is 254 g/mol. The van der Waals surface area contributed by atoms with Crippen molar-refractivity contribution in [1.82, 2.24) is 15.0 Å². The van der Waals surface area contributed by atoms with Crippen molar-refractivity contribution in [1.29, 1.82) is 0 Å². The van der Waals surface area contributed by atoms with E-state index in [2.05, 4.69) is 15.0 Å². The van der Waals surface area contributed by atoms with Gasteiger partial charge < -0.3 is 4.90 Å². The molecule has 0 aliphatic carbocycles. The Morgan fingerprint density at radius 2 is 1.50 bits per heavy atom. The van der Waals surface area contributed by atoms with Crippen LogP contribution in [0.5, 0.6) is 0 Å². The SMILES string of the molecule is CN(c1ccccc1)c1nc(Cl)nc(Cl)n1. The van der Waals surface area contributed by atoms with Gasteiger partial charge in [-0.15, -0.1) is 0 Å². The quantitative estimate of drug-likeness (QED) is 0.827. The maximum Gasteiger partial charge on any atom is 0.235 e. The van der Waals surface area contributed by atoms with Gasteiger partial charge in [0.2, 0.25) is 16.5 Å². The van der Waals surface area contributed by atoms with Gasteiger partial charge in [-0.25, -0.2) is 0 Å². The van der Waals surface area contributed by atoms with Gasteiger partial charge in [0.25, 0.3) is 0 Å². The Labute approximate surface area is 103 Å². The normalized spacial score (nSPS) is 10.2. The fourth-order valence-electron chi connectivity index (χ4n) is 1.23. The molecule has 0 fully saturated rings. The number of anilines is 2. The first-order valence-electron chi connectivity index (χ1n) is 4.52. The molecule has 0 spiro atoms. The summed E-state index contributed by atoms with van der Waals surface area (Å²) in [6, 6.07) is 9.66. The van der Waals surface area contributed by atoms with Crippen molar-refractivity contribution in [3.63, 3.8) is 0 Å². The Hall–Kier alpha value is -1.39. The molecule has 0 N–H and O–H groups in total. The molecule has 0 saturated carbocycles. The van der Waals surface area contributed by atoms with E-state index in [1.54, 1.807) is 4.90 Å². The van der Waals surface area contributed by atoms with Crippen molar-refractivity contribution in [2.24, 2.45) is 0 Å². The van der Waals surface area contributed by atoms with Gasteiger partial charge in [0, 0.05) is 12.7 Å². The third-order valence-corrected chi connectivity index (χ3v) is 2.35. The van der Waals surface area contributed by atoms with E-state index < -0.39 is 0 Å². The highest BCUT2D eigenvalue weighted by Gasteiger charge is 2.09. The predicted octanol–water partition coefficient (Wildman–Crippen LogP) is 2.95. The third kappa shape index (κ3) is 2.40. The van der Waals surface area contributed by atoms with Crippen LogP contribution < -0.4 is 4.90 Å². The standard InChI is InChI=1S/C10H8Cl2N4/c1-16(7-5-3-2-4-6-7)10-14-8(11)13-9(12)15-10/h2-6H,1H3. The fourth-order valence-corrected chi connectivity index (χ4v) is 1.59. The lowest BCUT2D eigenvalue weighted by molar-refractivity contribution is 0.986. The highest BCUT2D eigenvalue weighted by molar-refractivity contribution is 6.31. The van der Waals surface area contributed by atoms with Gasteiger partial charge in [-0.2, -0.15) is 15.0 Å². The molecule has 1 aromatic heterocycles. The minimum atomic E-state index is 0.0813. The lowest BCUT2D eigenvalue weighted by Crippen LogP contribution is -2.13. The van der Waals surface area contributed by atoms with E-state index in [0.29, 0.717) is 5.95 Å². The lowest BCUT2D eigenvalue weighted by Gasteiger charge is -2.16. The number of aromatic nitrogens is 3. The Kier molecular flexibility index (Phi) is 3.22. The molecule has 0 radical (unpaired) electrons. The summed E-state index contributed by atoms with van der Waals surface area (Å²) < 4.78 is 0. The van der Waals surface area contributed by atoms with Gasteiger partial charge in [-0.3, -0.25) is 0 Å². The molecule has 0 atom stereocenters.